The van der Waals surface area contributed by atoms with Crippen LogP contribution < -0.4 is 16.6 Å². The summed E-state index contributed by atoms with van der Waals surface area (Å²) < 4.78 is 3.49. The van der Waals surface area contributed by atoms with Crippen LogP contribution in [-0.2, 0) is 24.3 Å². The number of aromatic nitrogens is 4. The highest BCUT2D eigenvalue weighted by Crippen LogP contribution is 2.16. The summed E-state index contributed by atoms with van der Waals surface area (Å²) in [6, 6.07) is 0.226. The van der Waals surface area contributed by atoms with Gasteiger partial charge in [-0.05, 0) is 45.8 Å². The maximum atomic E-state index is 12.7. The van der Waals surface area contributed by atoms with E-state index >= 15 is 0 Å². The first-order valence-corrected chi connectivity index (χ1v) is 12.1. The molecule has 0 aromatic carbocycles. The van der Waals surface area contributed by atoms with Gasteiger partial charge in [-0.25, -0.2) is 9.78 Å². The molecule has 0 aliphatic carbocycles. The van der Waals surface area contributed by atoms with Crippen LogP contribution in [0.5, 0.6) is 0 Å². The second-order valence-electron chi connectivity index (χ2n) is 8.97. The first kappa shape index (κ1) is 24.2. The van der Waals surface area contributed by atoms with E-state index in [0.29, 0.717) is 42.9 Å². The fourth-order valence-corrected chi connectivity index (χ4v) is 4.37. The van der Waals surface area contributed by atoms with Crippen molar-refractivity contribution >= 4 is 17.1 Å². The number of aromatic amines is 1. The van der Waals surface area contributed by atoms with Gasteiger partial charge < -0.3 is 14.8 Å². The fourth-order valence-electron chi connectivity index (χ4n) is 4.37. The van der Waals surface area contributed by atoms with E-state index in [0.717, 1.165) is 58.0 Å². The SMILES string of the molecule is CCCCCn1c(CCC(=O)NC2CCN(C)CC2)nc2c1c(=O)[nH]c(=O)n2CCCC. The smallest absolute Gasteiger partial charge is 0.330 e. The summed E-state index contributed by atoms with van der Waals surface area (Å²) in [4.78, 5) is 47.2. The van der Waals surface area contributed by atoms with Gasteiger partial charge in [-0.1, -0.05) is 33.1 Å². The van der Waals surface area contributed by atoms with Crippen LogP contribution in [0.1, 0.15) is 71.0 Å². The molecule has 1 aliphatic rings. The minimum Gasteiger partial charge on any atom is -0.353 e. The molecule has 3 heterocycles. The van der Waals surface area contributed by atoms with Crippen LogP contribution in [0.2, 0.25) is 0 Å². The van der Waals surface area contributed by atoms with Crippen molar-refractivity contribution in [1.29, 1.82) is 0 Å². The molecule has 9 heteroatoms. The number of rotatable bonds is 11. The van der Waals surface area contributed by atoms with E-state index < -0.39 is 11.2 Å². The van der Waals surface area contributed by atoms with Crippen molar-refractivity contribution in [2.24, 2.45) is 0 Å². The van der Waals surface area contributed by atoms with Gasteiger partial charge in [0.1, 0.15) is 5.82 Å². The third kappa shape index (κ3) is 5.88. The van der Waals surface area contributed by atoms with Gasteiger partial charge in [-0.3, -0.25) is 19.1 Å². The predicted molar refractivity (Wildman–Crippen MR) is 126 cm³/mol. The first-order chi connectivity index (χ1) is 15.4. The Morgan fingerprint density at radius 3 is 2.44 bits per heavy atom. The van der Waals surface area contributed by atoms with Crippen molar-refractivity contribution in [3.05, 3.63) is 26.7 Å². The maximum absolute atomic E-state index is 12.7. The molecule has 2 N–H and O–H groups in total. The highest BCUT2D eigenvalue weighted by Gasteiger charge is 2.21. The molecule has 178 valence electrons. The van der Waals surface area contributed by atoms with Crippen LogP contribution in [0.25, 0.3) is 11.2 Å². The number of aryl methyl sites for hydroxylation is 3. The molecule has 0 atom stereocenters. The van der Waals surface area contributed by atoms with Crippen LogP contribution in [0.3, 0.4) is 0 Å². The molecule has 2 aromatic rings. The van der Waals surface area contributed by atoms with Crippen molar-refractivity contribution in [2.45, 2.75) is 90.8 Å². The summed E-state index contributed by atoms with van der Waals surface area (Å²) in [6.07, 6.45) is 7.51. The lowest BCUT2D eigenvalue weighted by Gasteiger charge is -2.29. The molecule has 0 radical (unpaired) electrons. The molecule has 0 unspecified atom stereocenters. The average molecular weight is 447 g/mol. The number of nitrogens with zero attached hydrogens (tertiary/aromatic N) is 4. The van der Waals surface area contributed by atoms with Crippen LogP contribution in [0.15, 0.2) is 9.59 Å². The maximum Gasteiger partial charge on any atom is 0.330 e. The van der Waals surface area contributed by atoms with E-state index in [2.05, 4.69) is 36.1 Å². The number of piperidine rings is 1. The van der Waals surface area contributed by atoms with Gasteiger partial charge >= 0.3 is 5.69 Å². The van der Waals surface area contributed by atoms with E-state index in [4.69, 9.17) is 4.98 Å². The van der Waals surface area contributed by atoms with Crippen molar-refractivity contribution in [3.63, 3.8) is 0 Å². The molecule has 0 spiro atoms. The van der Waals surface area contributed by atoms with Gasteiger partial charge in [0.05, 0.1) is 0 Å². The molecule has 1 saturated heterocycles. The van der Waals surface area contributed by atoms with Gasteiger partial charge in [0.25, 0.3) is 5.56 Å². The molecular formula is C23H38N6O3. The van der Waals surface area contributed by atoms with E-state index in [1.807, 2.05) is 4.57 Å². The average Bonchev–Trinajstić information content (AvgIpc) is 3.13. The van der Waals surface area contributed by atoms with E-state index in [9.17, 15) is 14.4 Å². The third-order valence-corrected chi connectivity index (χ3v) is 6.34. The summed E-state index contributed by atoms with van der Waals surface area (Å²) >= 11 is 0. The number of hydrogen-bond acceptors (Lipinski definition) is 5. The summed E-state index contributed by atoms with van der Waals surface area (Å²) in [6.45, 7) is 7.36. The number of nitrogens with one attached hydrogen (secondary N) is 2. The predicted octanol–water partition coefficient (Wildman–Crippen LogP) is 2.02. The number of imidazole rings is 1. The van der Waals surface area contributed by atoms with Crippen LogP contribution in [0.4, 0.5) is 0 Å². The van der Waals surface area contributed by atoms with Crippen LogP contribution >= 0.6 is 0 Å². The number of fused-ring (bicyclic) bond motifs is 1. The van der Waals surface area contributed by atoms with E-state index in [-0.39, 0.29) is 11.9 Å². The number of carbonyl (C=O) groups is 1. The third-order valence-electron chi connectivity index (χ3n) is 6.34. The Hall–Kier alpha value is -2.42. The lowest BCUT2D eigenvalue weighted by atomic mass is 10.1. The summed E-state index contributed by atoms with van der Waals surface area (Å²) in [7, 11) is 2.10. The topological polar surface area (TPSA) is 105 Å². The molecule has 32 heavy (non-hydrogen) atoms. The Bertz CT molecular complexity index is 1010. The van der Waals surface area contributed by atoms with Crippen molar-refractivity contribution < 1.29 is 4.79 Å². The molecular weight excluding hydrogens is 408 g/mol. The largest absolute Gasteiger partial charge is 0.353 e. The number of carbonyl (C=O) groups excluding carboxylic acids is 1. The molecule has 9 nitrogen and oxygen atoms in total. The summed E-state index contributed by atoms with van der Waals surface area (Å²) in [5.41, 5.74) is 0.0708. The van der Waals surface area contributed by atoms with Crippen molar-refractivity contribution in [1.82, 2.24) is 29.3 Å². The summed E-state index contributed by atoms with van der Waals surface area (Å²) in [5, 5.41) is 3.15. The quantitative estimate of drug-likeness (QED) is 0.514. The van der Waals surface area contributed by atoms with Crippen LogP contribution in [-0.4, -0.2) is 56.1 Å². The second kappa shape index (κ2) is 11.4. The normalized spacial score (nSPS) is 15.5. The second-order valence-corrected chi connectivity index (χ2v) is 8.97. The number of likely N-dealkylation sites (tertiary alicyclic amines) is 1. The standard InChI is InChI=1S/C23H38N6O3/c1-4-6-8-14-28-18(9-10-19(30)24-17-11-15-27(3)16-12-17)25-21-20(28)22(31)26-23(32)29(21)13-7-5-2/h17H,4-16H2,1-3H3,(H,24,30)(H,26,31,32). The molecule has 2 aromatic heterocycles. The molecule has 1 fully saturated rings. The zero-order valence-corrected chi connectivity index (χ0v) is 19.8. The van der Waals surface area contributed by atoms with E-state index in [1.165, 1.54) is 0 Å². The first-order valence-electron chi connectivity index (χ1n) is 12.1. The van der Waals surface area contributed by atoms with Crippen LogP contribution in [0, 0.1) is 0 Å². The Morgan fingerprint density at radius 1 is 1.06 bits per heavy atom. The number of H-pyrrole nitrogens is 1. The van der Waals surface area contributed by atoms with E-state index in [1.54, 1.807) is 4.57 Å². The number of amides is 1. The minimum atomic E-state index is -0.416. The Labute approximate surface area is 189 Å². The molecule has 1 aliphatic heterocycles. The lowest BCUT2D eigenvalue weighted by molar-refractivity contribution is -0.122. The lowest BCUT2D eigenvalue weighted by Crippen LogP contribution is -2.43. The van der Waals surface area contributed by atoms with Gasteiger partial charge in [0.15, 0.2) is 11.2 Å². The highest BCUT2D eigenvalue weighted by atomic mass is 16.2. The van der Waals surface area contributed by atoms with Crippen molar-refractivity contribution in [2.75, 3.05) is 20.1 Å². The monoisotopic (exact) mass is 446 g/mol. The van der Waals surface area contributed by atoms with Gasteiger partial charge in [-0.2, -0.15) is 0 Å². The Morgan fingerprint density at radius 2 is 1.75 bits per heavy atom. The van der Waals surface area contributed by atoms with Gasteiger partial charge in [0.2, 0.25) is 5.91 Å². The molecule has 3 rings (SSSR count). The highest BCUT2D eigenvalue weighted by molar-refractivity contribution is 5.77. The Kier molecular flexibility index (Phi) is 8.67. The summed E-state index contributed by atoms with van der Waals surface area (Å²) in [5.74, 6) is 0.722. The molecule has 0 saturated carbocycles. The van der Waals surface area contributed by atoms with Crippen molar-refractivity contribution in [3.8, 4) is 0 Å². The molecule has 0 bridgehead atoms. The van der Waals surface area contributed by atoms with Gasteiger partial charge in [-0.15, -0.1) is 0 Å². The fraction of sp³-hybridized carbons (Fsp3) is 0.739. The zero-order valence-electron chi connectivity index (χ0n) is 19.8. The molecule has 1 amide bonds. The number of unbranched alkanes of at least 4 members (excludes halogenated alkanes) is 3. The number of hydrogen-bond donors (Lipinski definition) is 2. The van der Waals surface area contributed by atoms with Gasteiger partial charge in [0, 0.05) is 32.0 Å². The zero-order chi connectivity index (χ0) is 23.1. The minimum absolute atomic E-state index is 0.0176. The Balaban J connectivity index is 1.83.